The molecule has 110 valence electrons. The van der Waals surface area contributed by atoms with Gasteiger partial charge < -0.3 is 11.1 Å². The lowest BCUT2D eigenvalue weighted by Gasteiger charge is -2.11. The Kier molecular flexibility index (Phi) is 4.53. The summed E-state index contributed by atoms with van der Waals surface area (Å²) in [5.74, 6) is -0.190. The van der Waals surface area contributed by atoms with Crippen molar-refractivity contribution in [2.45, 2.75) is 0 Å². The maximum Gasteiger partial charge on any atom is 0.257 e. The van der Waals surface area contributed by atoms with Crippen molar-refractivity contribution in [2.75, 3.05) is 11.1 Å². The molecule has 0 saturated carbocycles. The number of nitrogens with one attached hydrogen (secondary N) is 1. The van der Waals surface area contributed by atoms with Crippen molar-refractivity contribution in [3.05, 3.63) is 67.3 Å². The zero-order chi connectivity index (χ0) is 15.7. The minimum Gasteiger partial charge on any atom is -0.397 e. The van der Waals surface area contributed by atoms with Crippen LogP contribution in [-0.2, 0) is 0 Å². The third-order valence-electron chi connectivity index (χ3n) is 3.38. The van der Waals surface area contributed by atoms with E-state index >= 15 is 0 Å². The zero-order valence-electron chi connectivity index (χ0n) is 11.4. The number of fused-ring (bicyclic) bond motifs is 1. The van der Waals surface area contributed by atoms with E-state index in [4.69, 9.17) is 5.73 Å². The lowest BCUT2D eigenvalue weighted by Crippen LogP contribution is -2.15. The number of rotatable bonds is 2. The Morgan fingerprint density at radius 3 is 2.55 bits per heavy atom. The minimum atomic E-state index is -0.190. The Labute approximate surface area is 155 Å². The van der Waals surface area contributed by atoms with Crippen LogP contribution < -0.4 is 11.1 Å². The summed E-state index contributed by atoms with van der Waals surface area (Å²) in [4.78, 5) is 12.6. The first-order valence-corrected chi connectivity index (χ1v) is 8.75. The highest BCUT2D eigenvalue weighted by atomic mass is 127. The molecule has 0 fully saturated rings. The highest BCUT2D eigenvalue weighted by Crippen LogP contribution is 2.26. The Hall–Kier alpha value is -1.35. The van der Waals surface area contributed by atoms with Gasteiger partial charge in [-0.15, -0.1) is 0 Å². The Morgan fingerprint density at radius 1 is 1.00 bits per heavy atom. The highest BCUT2D eigenvalue weighted by molar-refractivity contribution is 14.1. The second-order valence-corrected chi connectivity index (χ2v) is 7.24. The van der Waals surface area contributed by atoms with Gasteiger partial charge in [-0.05, 0) is 68.8 Å². The predicted molar refractivity (Wildman–Crippen MR) is 108 cm³/mol. The average Bonchev–Trinajstić information content (AvgIpc) is 2.51. The van der Waals surface area contributed by atoms with Crippen LogP contribution in [0.5, 0.6) is 0 Å². The van der Waals surface area contributed by atoms with Gasteiger partial charge in [-0.2, -0.15) is 0 Å². The number of amides is 1. The van der Waals surface area contributed by atoms with Gasteiger partial charge in [-0.25, -0.2) is 0 Å². The van der Waals surface area contributed by atoms with Crippen LogP contribution in [0.1, 0.15) is 10.4 Å². The summed E-state index contributed by atoms with van der Waals surface area (Å²) in [5, 5.41) is 5.07. The second-order valence-electron chi connectivity index (χ2n) is 4.83. The lowest BCUT2D eigenvalue weighted by atomic mass is 10.1. The fourth-order valence-electron chi connectivity index (χ4n) is 2.30. The summed E-state index contributed by atoms with van der Waals surface area (Å²) in [5.41, 5.74) is 7.85. The largest absolute Gasteiger partial charge is 0.397 e. The standard InChI is InChI=1S/C17H12I2N2O/c18-11-8-13(16(20)14(19)9-11)17(22)21-15-7-3-5-10-4-1-2-6-12(10)15/h1-9H,20H2,(H,21,22). The summed E-state index contributed by atoms with van der Waals surface area (Å²) in [6.07, 6.45) is 0. The second kappa shape index (κ2) is 6.41. The SMILES string of the molecule is Nc1c(I)cc(I)cc1C(=O)Nc1cccc2ccccc12. The number of anilines is 2. The first kappa shape index (κ1) is 15.5. The topological polar surface area (TPSA) is 55.1 Å². The van der Waals surface area contributed by atoms with E-state index in [0.29, 0.717) is 11.3 Å². The summed E-state index contributed by atoms with van der Waals surface area (Å²) in [6.45, 7) is 0. The van der Waals surface area contributed by atoms with Crippen molar-refractivity contribution in [1.82, 2.24) is 0 Å². The van der Waals surface area contributed by atoms with Gasteiger partial charge in [0.25, 0.3) is 5.91 Å². The van der Waals surface area contributed by atoms with Gasteiger partial charge in [0.15, 0.2) is 0 Å². The van der Waals surface area contributed by atoms with Crippen molar-refractivity contribution in [3.63, 3.8) is 0 Å². The number of nitrogen functional groups attached to an aromatic ring is 1. The number of carbonyl (C=O) groups excluding carboxylic acids is 1. The average molecular weight is 514 g/mol. The fraction of sp³-hybridized carbons (Fsp3) is 0. The molecule has 0 atom stereocenters. The van der Waals surface area contributed by atoms with Crippen LogP contribution >= 0.6 is 45.2 Å². The first-order valence-electron chi connectivity index (χ1n) is 6.60. The van der Waals surface area contributed by atoms with Crippen LogP contribution in [0.4, 0.5) is 11.4 Å². The molecule has 0 bridgehead atoms. The third-order valence-corrected chi connectivity index (χ3v) is 4.89. The normalized spacial score (nSPS) is 10.6. The molecule has 0 unspecified atom stereocenters. The molecule has 1 amide bonds. The summed E-state index contributed by atoms with van der Waals surface area (Å²) < 4.78 is 1.87. The van der Waals surface area contributed by atoms with Crippen molar-refractivity contribution < 1.29 is 4.79 Å². The predicted octanol–water partition coefficient (Wildman–Crippen LogP) is 4.88. The van der Waals surface area contributed by atoms with E-state index in [2.05, 4.69) is 50.5 Å². The van der Waals surface area contributed by atoms with Gasteiger partial charge >= 0.3 is 0 Å². The van der Waals surface area contributed by atoms with Gasteiger partial charge in [0.05, 0.1) is 11.3 Å². The summed E-state index contributed by atoms with van der Waals surface area (Å²) in [7, 11) is 0. The van der Waals surface area contributed by atoms with Crippen LogP contribution in [-0.4, -0.2) is 5.91 Å². The number of nitrogens with two attached hydrogens (primary N) is 1. The Bertz CT molecular complexity index is 872. The van der Waals surface area contributed by atoms with E-state index in [0.717, 1.165) is 23.6 Å². The number of hydrogen-bond donors (Lipinski definition) is 2. The van der Waals surface area contributed by atoms with Gasteiger partial charge in [0, 0.05) is 18.2 Å². The summed E-state index contributed by atoms with van der Waals surface area (Å²) >= 11 is 4.33. The number of halogens is 2. The van der Waals surface area contributed by atoms with E-state index in [-0.39, 0.29) is 5.91 Å². The number of benzene rings is 3. The molecule has 3 nitrogen and oxygen atoms in total. The van der Waals surface area contributed by atoms with Crippen molar-refractivity contribution >= 4 is 73.2 Å². The summed E-state index contributed by atoms with van der Waals surface area (Å²) in [6, 6.07) is 17.6. The fourth-order valence-corrected chi connectivity index (χ4v) is 4.14. The molecule has 0 aliphatic rings. The molecule has 0 spiro atoms. The molecule has 5 heteroatoms. The van der Waals surface area contributed by atoms with Gasteiger partial charge in [0.2, 0.25) is 0 Å². The van der Waals surface area contributed by atoms with Crippen LogP contribution in [0.2, 0.25) is 0 Å². The van der Waals surface area contributed by atoms with Crippen molar-refractivity contribution in [1.29, 1.82) is 0 Å². The van der Waals surface area contributed by atoms with Gasteiger partial charge in [-0.3, -0.25) is 4.79 Å². The van der Waals surface area contributed by atoms with Crippen LogP contribution in [0.3, 0.4) is 0 Å². The molecule has 3 aromatic carbocycles. The third kappa shape index (κ3) is 3.05. The molecule has 22 heavy (non-hydrogen) atoms. The maximum absolute atomic E-state index is 12.6. The molecule has 0 saturated heterocycles. The highest BCUT2D eigenvalue weighted by Gasteiger charge is 2.14. The molecule has 3 N–H and O–H groups in total. The quantitative estimate of drug-likeness (QED) is 0.379. The molecular formula is C17H12I2N2O. The zero-order valence-corrected chi connectivity index (χ0v) is 15.8. The molecule has 3 aromatic rings. The molecule has 3 rings (SSSR count). The van der Waals surface area contributed by atoms with E-state index in [9.17, 15) is 4.79 Å². The molecule has 0 heterocycles. The molecule has 0 aromatic heterocycles. The molecule has 0 aliphatic heterocycles. The molecular weight excluding hydrogens is 502 g/mol. The Balaban J connectivity index is 2.01. The van der Waals surface area contributed by atoms with Crippen molar-refractivity contribution in [3.8, 4) is 0 Å². The number of carbonyl (C=O) groups is 1. The monoisotopic (exact) mass is 514 g/mol. The van der Waals surface area contributed by atoms with Gasteiger partial charge in [0.1, 0.15) is 0 Å². The van der Waals surface area contributed by atoms with Crippen LogP contribution in [0, 0.1) is 7.14 Å². The van der Waals surface area contributed by atoms with E-state index in [1.165, 1.54) is 0 Å². The minimum absolute atomic E-state index is 0.190. The smallest absolute Gasteiger partial charge is 0.257 e. The number of hydrogen-bond acceptors (Lipinski definition) is 2. The molecule has 0 aliphatic carbocycles. The van der Waals surface area contributed by atoms with E-state index < -0.39 is 0 Å². The lowest BCUT2D eigenvalue weighted by molar-refractivity contribution is 0.102. The van der Waals surface area contributed by atoms with Crippen LogP contribution in [0.25, 0.3) is 10.8 Å². The molecule has 0 radical (unpaired) electrons. The van der Waals surface area contributed by atoms with Crippen molar-refractivity contribution in [2.24, 2.45) is 0 Å². The van der Waals surface area contributed by atoms with Gasteiger partial charge in [-0.1, -0.05) is 36.4 Å². The maximum atomic E-state index is 12.6. The van der Waals surface area contributed by atoms with Crippen LogP contribution in [0.15, 0.2) is 54.6 Å². The van der Waals surface area contributed by atoms with E-state index in [1.54, 1.807) is 6.07 Å². The van der Waals surface area contributed by atoms with E-state index in [1.807, 2.05) is 48.5 Å². The Morgan fingerprint density at radius 2 is 1.73 bits per heavy atom. The first-order chi connectivity index (χ1) is 10.6.